The Hall–Kier alpha value is -1.94. The maximum absolute atomic E-state index is 9.76. The predicted molar refractivity (Wildman–Crippen MR) is 71.1 cm³/mol. The number of aromatic nitrogens is 1. The van der Waals surface area contributed by atoms with Crippen LogP contribution in [0, 0.1) is 0 Å². The summed E-state index contributed by atoms with van der Waals surface area (Å²) < 4.78 is 0. The third kappa shape index (κ3) is 2.65. The molecule has 2 rings (SSSR count). The molecule has 94 valence electrons. The van der Waals surface area contributed by atoms with Crippen LogP contribution in [0.1, 0.15) is 18.5 Å². The maximum Gasteiger partial charge on any atom is 0.152 e. The molecule has 0 aliphatic rings. The van der Waals surface area contributed by atoms with Gasteiger partial charge >= 0.3 is 0 Å². The van der Waals surface area contributed by atoms with Gasteiger partial charge in [-0.2, -0.15) is 0 Å². The van der Waals surface area contributed by atoms with E-state index in [1.165, 1.54) is 12.1 Å². The molecule has 5 heteroatoms. The van der Waals surface area contributed by atoms with Gasteiger partial charge in [-0.25, -0.2) is 4.98 Å². The molecule has 0 amide bonds. The monoisotopic (exact) mass is 264 g/mol. The van der Waals surface area contributed by atoms with Crippen molar-refractivity contribution in [1.29, 1.82) is 0 Å². The van der Waals surface area contributed by atoms with Crippen LogP contribution in [0.3, 0.4) is 0 Å². The van der Waals surface area contributed by atoms with Crippen LogP contribution in [-0.2, 0) is 0 Å². The van der Waals surface area contributed by atoms with Crippen LogP contribution in [0.15, 0.2) is 36.5 Å². The van der Waals surface area contributed by atoms with E-state index in [9.17, 15) is 10.2 Å². The van der Waals surface area contributed by atoms with Crippen molar-refractivity contribution in [3.8, 4) is 11.5 Å². The van der Waals surface area contributed by atoms with Crippen molar-refractivity contribution >= 4 is 17.3 Å². The Morgan fingerprint density at radius 1 is 1.28 bits per heavy atom. The van der Waals surface area contributed by atoms with Crippen molar-refractivity contribution < 1.29 is 10.2 Å². The van der Waals surface area contributed by atoms with E-state index < -0.39 is 0 Å². The van der Waals surface area contributed by atoms with Gasteiger partial charge in [-0.15, -0.1) is 0 Å². The van der Waals surface area contributed by atoms with Gasteiger partial charge in [0.25, 0.3) is 0 Å². The van der Waals surface area contributed by atoms with Gasteiger partial charge in [0.15, 0.2) is 5.15 Å². The van der Waals surface area contributed by atoms with E-state index in [-0.39, 0.29) is 17.5 Å². The fourth-order valence-electron chi connectivity index (χ4n) is 1.70. The lowest BCUT2D eigenvalue weighted by molar-refractivity contribution is 0.444. The molecule has 0 saturated carbocycles. The zero-order valence-corrected chi connectivity index (χ0v) is 10.5. The molecule has 2 aromatic rings. The van der Waals surface area contributed by atoms with Crippen molar-refractivity contribution in [3.63, 3.8) is 0 Å². The van der Waals surface area contributed by atoms with Crippen LogP contribution in [0.2, 0.25) is 5.15 Å². The summed E-state index contributed by atoms with van der Waals surface area (Å²) in [4.78, 5) is 3.96. The van der Waals surface area contributed by atoms with Crippen LogP contribution >= 0.6 is 11.6 Å². The van der Waals surface area contributed by atoms with Gasteiger partial charge in [-0.1, -0.05) is 11.6 Å². The Balaban J connectivity index is 2.22. The molecular weight excluding hydrogens is 252 g/mol. The molecule has 1 aromatic heterocycles. The van der Waals surface area contributed by atoms with E-state index >= 15 is 0 Å². The number of hydrogen-bond acceptors (Lipinski definition) is 4. The number of aromatic hydroxyl groups is 2. The second kappa shape index (κ2) is 5.14. The topological polar surface area (TPSA) is 65.4 Å². The molecule has 0 aliphatic heterocycles. The summed E-state index contributed by atoms with van der Waals surface area (Å²) in [6.45, 7) is 1.88. The number of pyridine rings is 1. The Morgan fingerprint density at radius 3 is 2.72 bits per heavy atom. The van der Waals surface area contributed by atoms with Crippen molar-refractivity contribution in [2.45, 2.75) is 13.0 Å². The predicted octanol–water partition coefficient (Wildman–Crippen LogP) is 3.32. The first-order valence-corrected chi connectivity index (χ1v) is 5.84. The number of anilines is 1. The number of rotatable bonds is 3. The third-order valence-corrected chi connectivity index (χ3v) is 2.91. The number of phenols is 2. The first kappa shape index (κ1) is 12.5. The summed E-state index contributed by atoms with van der Waals surface area (Å²) in [6.07, 6.45) is 1.61. The lowest BCUT2D eigenvalue weighted by Crippen LogP contribution is -2.07. The van der Waals surface area contributed by atoms with E-state index in [2.05, 4.69) is 10.3 Å². The third-order valence-electron chi connectivity index (χ3n) is 2.61. The highest BCUT2D eigenvalue weighted by molar-refractivity contribution is 6.31. The average Bonchev–Trinajstić information content (AvgIpc) is 2.32. The molecule has 0 saturated heterocycles. The van der Waals surface area contributed by atoms with Gasteiger partial charge < -0.3 is 15.5 Å². The Kier molecular flexibility index (Phi) is 3.58. The summed E-state index contributed by atoms with van der Waals surface area (Å²) in [5.41, 5.74) is 1.37. The molecule has 1 aromatic carbocycles. The lowest BCUT2D eigenvalue weighted by atomic mass is 10.1. The summed E-state index contributed by atoms with van der Waals surface area (Å²) in [6, 6.07) is 7.91. The van der Waals surface area contributed by atoms with Gasteiger partial charge in [0.05, 0.1) is 11.7 Å². The molecule has 1 unspecified atom stereocenters. The molecule has 3 N–H and O–H groups in total. The summed E-state index contributed by atoms with van der Waals surface area (Å²) >= 11 is 5.94. The average molecular weight is 265 g/mol. The second-order valence-corrected chi connectivity index (χ2v) is 4.31. The number of halogens is 1. The Bertz CT molecular complexity index is 560. The molecule has 1 atom stereocenters. The molecule has 0 bridgehead atoms. The highest BCUT2D eigenvalue weighted by Gasteiger charge is 2.12. The van der Waals surface area contributed by atoms with Crippen molar-refractivity contribution in [3.05, 3.63) is 47.2 Å². The van der Waals surface area contributed by atoms with E-state index in [1.54, 1.807) is 18.3 Å². The number of benzene rings is 1. The van der Waals surface area contributed by atoms with E-state index in [0.717, 1.165) is 0 Å². The van der Waals surface area contributed by atoms with Gasteiger partial charge in [0, 0.05) is 17.8 Å². The number of nitrogens with one attached hydrogen (secondary N) is 1. The second-order valence-electron chi connectivity index (χ2n) is 3.95. The maximum atomic E-state index is 9.76. The van der Waals surface area contributed by atoms with Gasteiger partial charge in [-0.05, 0) is 31.2 Å². The fraction of sp³-hybridized carbons (Fsp3) is 0.154. The van der Waals surface area contributed by atoms with Crippen molar-refractivity contribution in [1.82, 2.24) is 4.98 Å². The molecule has 0 radical (unpaired) electrons. The minimum Gasteiger partial charge on any atom is -0.508 e. The molecule has 18 heavy (non-hydrogen) atoms. The van der Waals surface area contributed by atoms with E-state index in [1.807, 2.05) is 13.0 Å². The van der Waals surface area contributed by atoms with Gasteiger partial charge in [0.1, 0.15) is 11.5 Å². The van der Waals surface area contributed by atoms with Gasteiger partial charge in [0.2, 0.25) is 0 Å². The SMILES string of the molecule is CC(Nc1cccnc1Cl)c1ccc(O)cc1O. The Morgan fingerprint density at radius 2 is 2.06 bits per heavy atom. The molecule has 0 aliphatic carbocycles. The fourth-order valence-corrected chi connectivity index (χ4v) is 1.88. The van der Waals surface area contributed by atoms with Gasteiger partial charge in [-0.3, -0.25) is 0 Å². The molecular formula is C13H13ClN2O2. The number of hydrogen-bond donors (Lipinski definition) is 3. The van der Waals surface area contributed by atoms with Crippen LogP contribution in [-0.4, -0.2) is 15.2 Å². The smallest absolute Gasteiger partial charge is 0.152 e. The minimum atomic E-state index is -0.160. The molecule has 0 spiro atoms. The standard InChI is InChI=1S/C13H13ClN2O2/c1-8(10-5-4-9(17)7-12(10)18)16-11-3-2-6-15-13(11)14/h2-8,16-18H,1H3. The van der Waals surface area contributed by atoms with Crippen LogP contribution in [0.5, 0.6) is 11.5 Å². The molecule has 0 fully saturated rings. The summed E-state index contributed by atoms with van der Waals surface area (Å²) in [5, 5.41) is 22.5. The summed E-state index contributed by atoms with van der Waals surface area (Å²) in [5.74, 6) is 0.0675. The Labute approximate surface area is 110 Å². The summed E-state index contributed by atoms with van der Waals surface area (Å²) in [7, 11) is 0. The molecule has 4 nitrogen and oxygen atoms in total. The molecule has 1 heterocycles. The van der Waals surface area contributed by atoms with Crippen LogP contribution < -0.4 is 5.32 Å². The zero-order chi connectivity index (χ0) is 13.1. The van der Waals surface area contributed by atoms with E-state index in [0.29, 0.717) is 16.4 Å². The number of nitrogens with zero attached hydrogens (tertiary/aromatic N) is 1. The van der Waals surface area contributed by atoms with E-state index in [4.69, 9.17) is 11.6 Å². The first-order valence-electron chi connectivity index (χ1n) is 5.47. The highest BCUT2D eigenvalue weighted by Crippen LogP contribution is 2.31. The van der Waals surface area contributed by atoms with Crippen molar-refractivity contribution in [2.75, 3.05) is 5.32 Å². The highest BCUT2D eigenvalue weighted by atomic mass is 35.5. The van der Waals surface area contributed by atoms with Crippen LogP contribution in [0.4, 0.5) is 5.69 Å². The van der Waals surface area contributed by atoms with Crippen molar-refractivity contribution in [2.24, 2.45) is 0 Å². The minimum absolute atomic E-state index is 0.0304. The normalized spacial score (nSPS) is 12.1. The first-order chi connectivity index (χ1) is 8.58. The zero-order valence-electron chi connectivity index (χ0n) is 9.76. The lowest BCUT2D eigenvalue weighted by Gasteiger charge is -2.17. The quantitative estimate of drug-likeness (QED) is 0.744. The largest absolute Gasteiger partial charge is 0.508 e. The van der Waals surface area contributed by atoms with Crippen LogP contribution in [0.25, 0.3) is 0 Å². The number of phenolic OH excluding ortho intramolecular Hbond substituents is 2.